The Bertz CT molecular complexity index is 942. The van der Waals surface area contributed by atoms with Crippen LogP contribution in [0.2, 0.25) is 0 Å². The molecule has 3 atom stereocenters. The predicted molar refractivity (Wildman–Crippen MR) is 97.6 cm³/mol. The van der Waals surface area contributed by atoms with E-state index >= 15 is 0 Å². The lowest BCUT2D eigenvalue weighted by atomic mass is 9.70. The van der Waals surface area contributed by atoms with Gasteiger partial charge >= 0.3 is 5.97 Å². The number of benzene rings is 1. The highest BCUT2D eigenvalue weighted by atomic mass is 16.5. The normalized spacial score (nSPS) is 28.1. The summed E-state index contributed by atoms with van der Waals surface area (Å²) in [6, 6.07) is 8.66. The number of fused-ring (bicyclic) bond motifs is 6. The second-order valence-electron chi connectivity index (χ2n) is 7.59. The van der Waals surface area contributed by atoms with Gasteiger partial charge in [-0.1, -0.05) is 29.8 Å². The van der Waals surface area contributed by atoms with Gasteiger partial charge in [0.1, 0.15) is 5.92 Å². The van der Waals surface area contributed by atoms with Crippen molar-refractivity contribution in [2.24, 2.45) is 11.8 Å². The van der Waals surface area contributed by atoms with Crippen molar-refractivity contribution in [1.82, 2.24) is 9.88 Å². The number of hydrogen-bond donors (Lipinski definition) is 1. The molecule has 1 saturated heterocycles. The van der Waals surface area contributed by atoms with Crippen molar-refractivity contribution in [2.75, 3.05) is 20.2 Å². The van der Waals surface area contributed by atoms with Crippen LogP contribution in [0, 0.1) is 11.8 Å². The van der Waals surface area contributed by atoms with Gasteiger partial charge in [0.15, 0.2) is 5.78 Å². The van der Waals surface area contributed by atoms with Gasteiger partial charge in [-0.05, 0) is 24.5 Å². The van der Waals surface area contributed by atoms with E-state index in [1.165, 1.54) is 34.8 Å². The zero-order valence-electron chi connectivity index (χ0n) is 14.8. The molecule has 0 unspecified atom stereocenters. The monoisotopic (exact) mass is 350 g/mol. The van der Waals surface area contributed by atoms with Crippen LogP contribution >= 0.6 is 0 Å². The molecule has 5 heteroatoms. The molecule has 0 radical (unpaired) electrons. The van der Waals surface area contributed by atoms with Gasteiger partial charge in [0, 0.05) is 42.0 Å². The number of piperidine rings is 1. The molecule has 0 bridgehead atoms. The summed E-state index contributed by atoms with van der Waals surface area (Å²) in [7, 11) is 1.37. The first-order chi connectivity index (χ1) is 12.7. The van der Waals surface area contributed by atoms with E-state index in [1.54, 1.807) is 0 Å². The van der Waals surface area contributed by atoms with E-state index in [4.69, 9.17) is 4.74 Å². The number of nitrogens with one attached hydrogen (secondary N) is 1. The van der Waals surface area contributed by atoms with E-state index in [9.17, 15) is 9.59 Å². The Labute approximate surface area is 152 Å². The number of esters is 1. The molecule has 0 amide bonds. The maximum absolute atomic E-state index is 12.4. The van der Waals surface area contributed by atoms with Crippen LogP contribution < -0.4 is 0 Å². The van der Waals surface area contributed by atoms with E-state index in [0.29, 0.717) is 6.42 Å². The molecule has 1 aromatic heterocycles. The summed E-state index contributed by atoms with van der Waals surface area (Å²) in [5, 5.41) is 1.30. The summed E-state index contributed by atoms with van der Waals surface area (Å²) >= 11 is 0. The second-order valence-corrected chi connectivity index (χ2v) is 7.59. The zero-order valence-corrected chi connectivity index (χ0v) is 14.8. The van der Waals surface area contributed by atoms with Crippen LogP contribution in [-0.4, -0.2) is 41.8 Å². The summed E-state index contributed by atoms with van der Waals surface area (Å²) in [4.78, 5) is 30.8. The molecular weight excluding hydrogens is 328 g/mol. The highest BCUT2D eigenvalue weighted by Crippen LogP contribution is 2.46. The largest absolute Gasteiger partial charge is 0.468 e. The molecule has 1 aromatic carbocycles. The molecule has 5 nitrogen and oxygen atoms in total. The quantitative estimate of drug-likeness (QED) is 0.488. The summed E-state index contributed by atoms with van der Waals surface area (Å²) in [6.45, 7) is 1.85. The highest BCUT2D eigenvalue weighted by molar-refractivity contribution is 6.01. The Kier molecular flexibility index (Phi) is 3.54. The maximum atomic E-state index is 12.4. The van der Waals surface area contributed by atoms with Crippen LogP contribution in [0.3, 0.4) is 0 Å². The Hall–Kier alpha value is -2.40. The second kappa shape index (κ2) is 5.81. The summed E-state index contributed by atoms with van der Waals surface area (Å²) in [5.41, 5.74) is 5.06. The first-order valence-corrected chi connectivity index (χ1v) is 9.30. The third-order valence-electron chi connectivity index (χ3n) is 6.38. The topological polar surface area (TPSA) is 62.4 Å². The maximum Gasteiger partial charge on any atom is 0.316 e. The summed E-state index contributed by atoms with van der Waals surface area (Å²) in [5.74, 6) is -1.07. The Morgan fingerprint density at radius 2 is 2.15 bits per heavy atom. The third-order valence-corrected chi connectivity index (χ3v) is 6.38. The smallest absolute Gasteiger partial charge is 0.316 e. The van der Waals surface area contributed by atoms with Crippen molar-refractivity contribution in [1.29, 1.82) is 0 Å². The molecule has 2 aromatic rings. The average Bonchev–Trinajstić information content (AvgIpc) is 3.05. The Balaban J connectivity index is 1.56. The van der Waals surface area contributed by atoms with E-state index < -0.39 is 5.92 Å². The van der Waals surface area contributed by atoms with E-state index in [0.717, 1.165) is 25.9 Å². The fourth-order valence-electron chi connectivity index (χ4n) is 5.14. The van der Waals surface area contributed by atoms with Crippen LogP contribution in [0.5, 0.6) is 0 Å². The number of methoxy groups -OCH3 is 1. The number of carbonyl (C=O) groups excluding carboxylic acids is 2. The fraction of sp³-hybridized carbons (Fsp3) is 0.429. The SMILES string of the molecule is COC(=O)[C@H]1C(=O)CC=C2CN3CCc4c([nH]c5ccccc45)[C@@H]3C[C@@H]21. The van der Waals surface area contributed by atoms with Gasteiger partial charge < -0.3 is 9.72 Å². The minimum Gasteiger partial charge on any atom is -0.468 e. The van der Waals surface area contributed by atoms with E-state index in [-0.39, 0.29) is 23.7 Å². The van der Waals surface area contributed by atoms with Crippen LogP contribution in [0.4, 0.5) is 0 Å². The van der Waals surface area contributed by atoms with Crippen LogP contribution in [0.15, 0.2) is 35.9 Å². The molecule has 0 saturated carbocycles. The van der Waals surface area contributed by atoms with Crippen LogP contribution in [0.25, 0.3) is 10.9 Å². The molecule has 1 fully saturated rings. The molecule has 0 spiro atoms. The van der Waals surface area contributed by atoms with Crippen LogP contribution in [-0.2, 0) is 20.7 Å². The number of carbonyl (C=O) groups is 2. The standard InChI is InChI=1S/C21H22N2O3/c1-26-21(25)19-15-10-17-20-14(13-4-2-3-5-16(13)22-20)8-9-23(17)11-12(15)6-7-18(19)24/h2-6,15,17,19,22H,7-11H2,1H3/t15-,17-,19+/m0/s1. The number of ketones is 1. The highest BCUT2D eigenvalue weighted by Gasteiger charge is 2.46. The first-order valence-electron chi connectivity index (χ1n) is 9.30. The fourth-order valence-corrected chi connectivity index (χ4v) is 5.14. The van der Waals surface area contributed by atoms with Crippen molar-refractivity contribution in [3.05, 3.63) is 47.2 Å². The van der Waals surface area contributed by atoms with Crippen molar-refractivity contribution >= 4 is 22.7 Å². The minimum atomic E-state index is -0.642. The number of H-pyrrole nitrogens is 1. The molecular formula is C21H22N2O3. The third kappa shape index (κ3) is 2.20. The molecule has 26 heavy (non-hydrogen) atoms. The molecule has 5 rings (SSSR count). The minimum absolute atomic E-state index is 0.00766. The summed E-state index contributed by atoms with van der Waals surface area (Å²) < 4.78 is 4.95. The zero-order chi connectivity index (χ0) is 17.8. The van der Waals surface area contributed by atoms with Crippen molar-refractivity contribution < 1.29 is 14.3 Å². The van der Waals surface area contributed by atoms with Gasteiger partial charge in [-0.3, -0.25) is 14.5 Å². The van der Waals surface area contributed by atoms with Gasteiger partial charge in [0.25, 0.3) is 0 Å². The van der Waals surface area contributed by atoms with Crippen LogP contribution in [0.1, 0.15) is 30.1 Å². The molecule has 1 N–H and O–H groups in total. The van der Waals surface area contributed by atoms with Crippen molar-refractivity contribution in [3.63, 3.8) is 0 Å². The predicted octanol–water partition coefficient (Wildman–Crippen LogP) is 2.78. The number of nitrogens with zero attached hydrogens (tertiary/aromatic N) is 1. The number of aromatic nitrogens is 1. The Morgan fingerprint density at radius 1 is 1.31 bits per heavy atom. The number of rotatable bonds is 1. The van der Waals surface area contributed by atoms with Crippen molar-refractivity contribution in [3.8, 4) is 0 Å². The molecule has 3 aliphatic rings. The number of allylic oxidation sites excluding steroid dienone is 1. The van der Waals surface area contributed by atoms with Gasteiger partial charge in [-0.15, -0.1) is 0 Å². The lowest BCUT2D eigenvalue weighted by molar-refractivity contribution is -0.152. The number of para-hydroxylation sites is 1. The van der Waals surface area contributed by atoms with Gasteiger partial charge in [0.2, 0.25) is 0 Å². The number of ether oxygens (including phenoxy) is 1. The lowest BCUT2D eigenvalue weighted by Gasteiger charge is -2.46. The lowest BCUT2D eigenvalue weighted by Crippen LogP contribution is -2.48. The number of hydrogen-bond acceptors (Lipinski definition) is 4. The van der Waals surface area contributed by atoms with Gasteiger partial charge in [-0.2, -0.15) is 0 Å². The molecule has 1 aliphatic carbocycles. The first kappa shape index (κ1) is 15.8. The Morgan fingerprint density at radius 3 is 3.00 bits per heavy atom. The molecule has 3 heterocycles. The van der Waals surface area contributed by atoms with Gasteiger partial charge in [-0.25, -0.2) is 0 Å². The molecule has 134 valence electrons. The average molecular weight is 350 g/mol. The number of aromatic amines is 1. The van der Waals surface area contributed by atoms with Gasteiger partial charge in [0.05, 0.1) is 13.2 Å². The van der Waals surface area contributed by atoms with Crippen molar-refractivity contribution in [2.45, 2.75) is 25.3 Å². The number of Topliss-reactive ketones (excluding diaryl/α,β-unsaturated/α-hetero) is 1. The van der Waals surface area contributed by atoms with E-state index in [1.807, 2.05) is 6.08 Å². The van der Waals surface area contributed by atoms with E-state index in [2.05, 4.69) is 34.1 Å². The molecule has 2 aliphatic heterocycles. The summed E-state index contributed by atoms with van der Waals surface area (Å²) in [6.07, 6.45) is 4.22.